The van der Waals surface area contributed by atoms with E-state index in [0.717, 1.165) is 16.8 Å². The molecule has 0 aliphatic carbocycles. The number of amides is 1. The molecular formula is C24H25NO5. The van der Waals surface area contributed by atoms with Crippen molar-refractivity contribution < 1.29 is 23.9 Å². The monoisotopic (exact) mass is 407 g/mol. The van der Waals surface area contributed by atoms with Gasteiger partial charge in [0.15, 0.2) is 6.10 Å². The van der Waals surface area contributed by atoms with Crippen LogP contribution < -0.4 is 9.64 Å². The molecule has 0 bridgehead atoms. The van der Waals surface area contributed by atoms with Crippen LogP contribution in [0.2, 0.25) is 0 Å². The number of ether oxygens (including phenoxy) is 2. The highest BCUT2D eigenvalue weighted by molar-refractivity contribution is 6.03. The fourth-order valence-electron chi connectivity index (χ4n) is 4.14. The molecule has 156 valence electrons. The molecule has 6 nitrogen and oxygen atoms in total. The number of carbonyl (C=O) groups excluding carboxylic acids is 3. The number of anilines is 1. The SMILES string of the molecule is CC(=O)N1CCc2cc(C(=O)[C@H](C)OC(=O)c3cccc4c3O[C@H](C)[C@@H]4C)ccc21. The maximum absolute atomic E-state index is 12.9. The van der Waals surface area contributed by atoms with E-state index in [1.165, 1.54) is 6.92 Å². The molecule has 2 aromatic carbocycles. The predicted octanol–water partition coefficient (Wildman–Crippen LogP) is 3.91. The Kier molecular flexibility index (Phi) is 5.10. The molecule has 3 atom stereocenters. The van der Waals surface area contributed by atoms with Crippen LogP contribution in [0, 0.1) is 0 Å². The number of carbonyl (C=O) groups is 3. The van der Waals surface area contributed by atoms with Gasteiger partial charge in [-0.05, 0) is 50.1 Å². The van der Waals surface area contributed by atoms with E-state index in [1.807, 2.05) is 13.0 Å². The minimum absolute atomic E-state index is 0.0172. The van der Waals surface area contributed by atoms with Gasteiger partial charge in [0, 0.05) is 36.2 Å². The van der Waals surface area contributed by atoms with E-state index in [9.17, 15) is 14.4 Å². The third-order valence-electron chi connectivity index (χ3n) is 6.06. The third-order valence-corrected chi connectivity index (χ3v) is 6.06. The van der Waals surface area contributed by atoms with Gasteiger partial charge in [-0.2, -0.15) is 0 Å². The molecule has 0 saturated heterocycles. The minimum Gasteiger partial charge on any atom is -0.489 e. The van der Waals surface area contributed by atoms with Crippen molar-refractivity contribution >= 4 is 23.3 Å². The molecule has 0 unspecified atom stereocenters. The van der Waals surface area contributed by atoms with Gasteiger partial charge in [0.2, 0.25) is 11.7 Å². The molecule has 30 heavy (non-hydrogen) atoms. The van der Waals surface area contributed by atoms with E-state index in [1.54, 1.807) is 42.2 Å². The zero-order valence-corrected chi connectivity index (χ0v) is 17.6. The largest absolute Gasteiger partial charge is 0.489 e. The van der Waals surface area contributed by atoms with Gasteiger partial charge in [-0.15, -0.1) is 0 Å². The standard InChI is InChI=1S/C24H25NO5/c1-13-14(2)29-23-19(13)6-5-7-20(23)24(28)30-15(3)22(27)18-8-9-21-17(12-18)10-11-25(21)16(4)26/h5-9,12-15H,10-11H2,1-4H3/t13-,14+,15-/m0/s1. The van der Waals surface area contributed by atoms with Crippen molar-refractivity contribution in [3.05, 3.63) is 58.7 Å². The van der Waals surface area contributed by atoms with Crippen molar-refractivity contribution in [2.24, 2.45) is 0 Å². The molecule has 2 aliphatic rings. The number of esters is 1. The van der Waals surface area contributed by atoms with Gasteiger partial charge in [-0.25, -0.2) is 4.79 Å². The normalized spacial score (nSPS) is 20.2. The van der Waals surface area contributed by atoms with Crippen LogP contribution >= 0.6 is 0 Å². The number of benzene rings is 2. The highest BCUT2D eigenvalue weighted by Gasteiger charge is 2.33. The van der Waals surface area contributed by atoms with Gasteiger partial charge in [0.05, 0.1) is 0 Å². The Hall–Kier alpha value is -3.15. The molecule has 2 heterocycles. The number of fused-ring (bicyclic) bond motifs is 2. The summed E-state index contributed by atoms with van der Waals surface area (Å²) in [6.45, 7) is 7.74. The van der Waals surface area contributed by atoms with Gasteiger partial charge in [0.25, 0.3) is 0 Å². The van der Waals surface area contributed by atoms with E-state index in [2.05, 4.69) is 6.92 Å². The fourth-order valence-corrected chi connectivity index (χ4v) is 4.14. The van der Waals surface area contributed by atoms with Crippen molar-refractivity contribution in [1.29, 1.82) is 0 Å². The van der Waals surface area contributed by atoms with Gasteiger partial charge >= 0.3 is 5.97 Å². The zero-order valence-electron chi connectivity index (χ0n) is 17.6. The quantitative estimate of drug-likeness (QED) is 0.568. The topological polar surface area (TPSA) is 72.9 Å². The summed E-state index contributed by atoms with van der Waals surface area (Å²) in [4.78, 5) is 39.0. The number of ketones is 1. The molecule has 0 saturated carbocycles. The highest BCUT2D eigenvalue weighted by atomic mass is 16.5. The van der Waals surface area contributed by atoms with Crippen molar-refractivity contribution in [2.45, 2.75) is 52.2 Å². The van der Waals surface area contributed by atoms with E-state index >= 15 is 0 Å². The summed E-state index contributed by atoms with van der Waals surface area (Å²) in [5.74, 6) is -0.131. The average Bonchev–Trinajstić information content (AvgIpc) is 3.27. The predicted molar refractivity (Wildman–Crippen MR) is 112 cm³/mol. The first-order chi connectivity index (χ1) is 14.3. The van der Waals surface area contributed by atoms with Gasteiger partial charge in [-0.3, -0.25) is 9.59 Å². The van der Waals surface area contributed by atoms with Crippen LogP contribution in [0.25, 0.3) is 0 Å². The van der Waals surface area contributed by atoms with Gasteiger partial charge in [-0.1, -0.05) is 19.1 Å². The number of rotatable bonds is 4. The molecule has 1 amide bonds. The maximum Gasteiger partial charge on any atom is 0.342 e. The Morgan fingerprint density at radius 3 is 2.67 bits per heavy atom. The summed E-state index contributed by atoms with van der Waals surface area (Å²) in [6.07, 6.45) is -0.254. The zero-order chi connectivity index (χ0) is 21.6. The molecule has 2 aromatic rings. The molecule has 0 N–H and O–H groups in total. The van der Waals surface area contributed by atoms with Crippen LogP contribution in [0.15, 0.2) is 36.4 Å². The van der Waals surface area contributed by atoms with Crippen LogP contribution in [0.1, 0.15) is 65.5 Å². The van der Waals surface area contributed by atoms with E-state index in [4.69, 9.17) is 9.47 Å². The number of para-hydroxylation sites is 1. The lowest BCUT2D eigenvalue weighted by Gasteiger charge is -2.16. The van der Waals surface area contributed by atoms with Crippen molar-refractivity contribution in [1.82, 2.24) is 0 Å². The number of hydrogen-bond acceptors (Lipinski definition) is 5. The second-order valence-corrected chi connectivity index (χ2v) is 8.01. The first kappa shape index (κ1) is 20.1. The summed E-state index contributed by atoms with van der Waals surface area (Å²) < 4.78 is 11.4. The second kappa shape index (κ2) is 7.59. The highest BCUT2D eigenvalue weighted by Crippen LogP contribution is 2.40. The van der Waals surface area contributed by atoms with Crippen LogP contribution in [0.5, 0.6) is 5.75 Å². The molecular weight excluding hydrogens is 382 g/mol. The van der Waals surface area contributed by atoms with Crippen LogP contribution in [0.4, 0.5) is 5.69 Å². The maximum atomic E-state index is 12.9. The average molecular weight is 407 g/mol. The summed E-state index contributed by atoms with van der Waals surface area (Å²) in [6, 6.07) is 10.7. The summed E-state index contributed by atoms with van der Waals surface area (Å²) in [7, 11) is 0. The first-order valence-electron chi connectivity index (χ1n) is 10.2. The van der Waals surface area contributed by atoms with Crippen LogP contribution in [-0.4, -0.2) is 36.4 Å². The van der Waals surface area contributed by atoms with Gasteiger partial charge < -0.3 is 14.4 Å². The summed E-state index contributed by atoms with van der Waals surface area (Å²) in [5.41, 5.74) is 3.57. The Balaban J connectivity index is 1.50. The Bertz CT molecular complexity index is 1040. The number of Topliss-reactive ketones (excluding diaryl/α,β-unsaturated/α-hetero) is 1. The summed E-state index contributed by atoms with van der Waals surface area (Å²) >= 11 is 0. The van der Waals surface area contributed by atoms with Crippen molar-refractivity contribution in [3.8, 4) is 5.75 Å². The smallest absolute Gasteiger partial charge is 0.342 e. The number of nitrogens with zero attached hydrogens (tertiary/aromatic N) is 1. The van der Waals surface area contributed by atoms with Gasteiger partial charge in [0.1, 0.15) is 17.4 Å². The molecule has 2 aliphatic heterocycles. The Labute approximate surface area is 175 Å². The lowest BCUT2D eigenvalue weighted by Crippen LogP contribution is -2.26. The van der Waals surface area contributed by atoms with E-state index in [0.29, 0.717) is 29.8 Å². The summed E-state index contributed by atoms with van der Waals surface area (Å²) in [5, 5.41) is 0. The molecule has 0 radical (unpaired) electrons. The molecule has 0 spiro atoms. The van der Waals surface area contributed by atoms with Crippen LogP contribution in [0.3, 0.4) is 0 Å². The lowest BCUT2D eigenvalue weighted by molar-refractivity contribution is -0.116. The Morgan fingerprint density at radius 1 is 1.17 bits per heavy atom. The molecule has 4 rings (SSSR count). The van der Waals surface area contributed by atoms with Crippen LogP contribution in [-0.2, 0) is 16.0 Å². The number of hydrogen-bond donors (Lipinski definition) is 0. The van der Waals surface area contributed by atoms with Crippen molar-refractivity contribution in [2.75, 3.05) is 11.4 Å². The lowest BCUT2D eigenvalue weighted by atomic mass is 9.97. The first-order valence-corrected chi connectivity index (χ1v) is 10.2. The molecule has 6 heteroatoms. The van der Waals surface area contributed by atoms with E-state index in [-0.39, 0.29) is 23.7 Å². The molecule has 0 fully saturated rings. The Morgan fingerprint density at radius 2 is 1.93 bits per heavy atom. The fraction of sp³-hybridized carbons (Fsp3) is 0.375. The van der Waals surface area contributed by atoms with Crippen molar-refractivity contribution in [3.63, 3.8) is 0 Å². The van der Waals surface area contributed by atoms with E-state index < -0.39 is 12.1 Å². The third kappa shape index (κ3) is 3.36. The minimum atomic E-state index is -0.937. The molecule has 0 aromatic heterocycles. The second-order valence-electron chi connectivity index (χ2n) is 8.01.